The molecule has 154 valence electrons. The Bertz CT molecular complexity index is 841. The van der Waals surface area contributed by atoms with Crippen molar-refractivity contribution in [2.75, 3.05) is 13.1 Å². The van der Waals surface area contributed by atoms with E-state index >= 15 is 0 Å². The molecule has 0 aliphatic carbocycles. The number of nitrogens with zero attached hydrogens (tertiary/aromatic N) is 2. The summed E-state index contributed by atoms with van der Waals surface area (Å²) in [5, 5.41) is 9.00. The van der Waals surface area contributed by atoms with Crippen molar-refractivity contribution >= 4 is 11.9 Å². The first-order chi connectivity index (χ1) is 14.0. The molecule has 2 N–H and O–H groups in total. The fraction of sp³-hybridized carbons (Fsp3) is 0.364. The average molecular weight is 397 g/mol. The second kappa shape index (κ2) is 9.43. The molecule has 0 spiro atoms. The molecule has 2 aromatic carbocycles. The minimum Gasteiger partial charge on any atom is -0.489 e. The third kappa shape index (κ3) is 5.06. The number of hydroxylamine groups is 1. The summed E-state index contributed by atoms with van der Waals surface area (Å²) in [5.41, 5.74) is 3.72. The van der Waals surface area contributed by atoms with Crippen molar-refractivity contribution in [3.63, 3.8) is 0 Å². The van der Waals surface area contributed by atoms with E-state index < -0.39 is 11.9 Å². The van der Waals surface area contributed by atoms with Crippen LogP contribution < -0.4 is 10.2 Å². The zero-order chi connectivity index (χ0) is 20.8. The van der Waals surface area contributed by atoms with Crippen molar-refractivity contribution in [1.82, 2.24) is 15.3 Å². The van der Waals surface area contributed by atoms with Crippen LogP contribution in [0.5, 0.6) is 5.75 Å². The number of hydrogen-bond acceptors (Lipinski definition) is 4. The minimum atomic E-state index is -0.696. The van der Waals surface area contributed by atoms with E-state index in [9.17, 15) is 9.59 Å². The predicted molar refractivity (Wildman–Crippen MR) is 108 cm³/mol. The maximum absolute atomic E-state index is 12.8. The van der Waals surface area contributed by atoms with Crippen molar-refractivity contribution in [3.8, 4) is 5.75 Å². The topological polar surface area (TPSA) is 82.1 Å². The number of benzene rings is 2. The van der Waals surface area contributed by atoms with E-state index in [1.165, 1.54) is 4.90 Å². The van der Waals surface area contributed by atoms with Crippen LogP contribution in [0.25, 0.3) is 0 Å². The molecule has 1 fully saturated rings. The lowest BCUT2D eigenvalue weighted by Crippen LogP contribution is -2.50. The molecule has 1 aliphatic rings. The van der Waals surface area contributed by atoms with Crippen molar-refractivity contribution in [2.45, 2.75) is 33.0 Å². The van der Waals surface area contributed by atoms with E-state index in [1.54, 1.807) is 10.4 Å². The summed E-state index contributed by atoms with van der Waals surface area (Å²) < 4.78 is 5.87. The van der Waals surface area contributed by atoms with Gasteiger partial charge in [-0.15, -0.1) is 0 Å². The van der Waals surface area contributed by atoms with Crippen LogP contribution in [-0.2, 0) is 17.9 Å². The van der Waals surface area contributed by atoms with Gasteiger partial charge in [0, 0.05) is 19.6 Å². The zero-order valence-electron chi connectivity index (χ0n) is 16.7. The third-order valence-corrected chi connectivity index (χ3v) is 4.99. The Morgan fingerprint density at radius 3 is 2.52 bits per heavy atom. The van der Waals surface area contributed by atoms with Gasteiger partial charge in [-0.1, -0.05) is 56.3 Å². The molecule has 7 heteroatoms. The molecule has 0 saturated carbocycles. The molecule has 29 heavy (non-hydrogen) atoms. The Balaban J connectivity index is 1.63. The number of nitrogens with one attached hydrogen (secondary N) is 1. The summed E-state index contributed by atoms with van der Waals surface area (Å²) in [5.74, 6) is 0.0712. The Morgan fingerprint density at radius 1 is 1.10 bits per heavy atom. The maximum Gasteiger partial charge on any atom is 0.321 e. The molecule has 7 nitrogen and oxygen atoms in total. The Morgan fingerprint density at radius 2 is 1.83 bits per heavy atom. The second-order valence-electron chi connectivity index (χ2n) is 7.48. The summed E-state index contributed by atoms with van der Waals surface area (Å²) in [7, 11) is 0. The number of urea groups is 1. The van der Waals surface area contributed by atoms with Crippen LogP contribution in [-0.4, -0.2) is 46.1 Å². The maximum atomic E-state index is 12.8. The fourth-order valence-corrected chi connectivity index (χ4v) is 3.57. The molecule has 0 aromatic heterocycles. The van der Waals surface area contributed by atoms with Gasteiger partial charge in [-0.05, 0) is 29.2 Å². The van der Waals surface area contributed by atoms with Crippen LogP contribution in [0, 0.1) is 5.92 Å². The van der Waals surface area contributed by atoms with E-state index in [4.69, 9.17) is 9.94 Å². The highest BCUT2D eigenvalue weighted by Gasteiger charge is 2.38. The number of carbonyl (C=O) groups is 2. The zero-order valence-corrected chi connectivity index (χ0v) is 16.7. The first-order valence-corrected chi connectivity index (χ1v) is 9.74. The van der Waals surface area contributed by atoms with Gasteiger partial charge in [0.15, 0.2) is 0 Å². The normalized spacial score (nSPS) is 15.0. The lowest BCUT2D eigenvalue weighted by atomic mass is 10.0. The van der Waals surface area contributed by atoms with Gasteiger partial charge in [0.25, 0.3) is 5.91 Å². The summed E-state index contributed by atoms with van der Waals surface area (Å²) in [6.45, 7) is 5.58. The number of rotatable bonds is 8. The third-order valence-electron chi connectivity index (χ3n) is 4.99. The molecule has 3 rings (SSSR count). The van der Waals surface area contributed by atoms with Crippen LogP contribution in [0.2, 0.25) is 0 Å². The lowest BCUT2D eigenvalue weighted by Gasteiger charge is -2.29. The van der Waals surface area contributed by atoms with Crippen molar-refractivity contribution < 1.29 is 19.5 Å². The van der Waals surface area contributed by atoms with E-state index in [1.807, 2.05) is 68.4 Å². The van der Waals surface area contributed by atoms with Crippen LogP contribution in [0.4, 0.5) is 4.79 Å². The number of hydrogen-bond donors (Lipinski definition) is 2. The van der Waals surface area contributed by atoms with Gasteiger partial charge in [-0.2, -0.15) is 0 Å². The smallest absolute Gasteiger partial charge is 0.321 e. The van der Waals surface area contributed by atoms with Gasteiger partial charge >= 0.3 is 6.03 Å². The number of ether oxygens (including phenoxy) is 1. The van der Waals surface area contributed by atoms with Crippen LogP contribution >= 0.6 is 0 Å². The molecule has 1 atom stereocenters. The minimum absolute atomic E-state index is 0.110. The molecule has 0 unspecified atom stereocenters. The van der Waals surface area contributed by atoms with Crippen molar-refractivity contribution in [2.24, 2.45) is 5.92 Å². The molecule has 1 heterocycles. The molecule has 1 aliphatic heterocycles. The first kappa shape index (κ1) is 20.7. The average Bonchev–Trinajstić information content (AvgIpc) is 3.07. The van der Waals surface area contributed by atoms with Crippen molar-refractivity contribution in [3.05, 3.63) is 65.7 Å². The highest BCUT2D eigenvalue weighted by atomic mass is 16.5. The molecule has 2 aromatic rings. The van der Waals surface area contributed by atoms with E-state index in [2.05, 4.69) is 0 Å². The van der Waals surface area contributed by atoms with Gasteiger partial charge in [0.2, 0.25) is 0 Å². The quantitative estimate of drug-likeness (QED) is 0.530. The summed E-state index contributed by atoms with van der Waals surface area (Å²) >= 11 is 0. The fourth-order valence-electron chi connectivity index (χ4n) is 3.57. The first-order valence-electron chi connectivity index (χ1n) is 9.74. The molecule has 0 bridgehead atoms. The Kier molecular flexibility index (Phi) is 6.72. The summed E-state index contributed by atoms with van der Waals surface area (Å²) in [6, 6.07) is 16.7. The number of amides is 3. The lowest BCUT2D eigenvalue weighted by molar-refractivity contribution is -0.135. The van der Waals surface area contributed by atoms with E-state index in [0.29, 0.717) is 26.2 Å². The van der Waals surface area contributed by atoms with Crippen LogP contribution in [0.3, 0.4) is 0 Å². The van der Waals surface area contributed by atoms with Crippen LogP contribution in [0.1, 0.15) is 25.0 Å². The summed E-state index contributed by atoms with van der Waals surface area (Å²) in [4.78, 5) is 28.0. The van der Waals surface area contributed by atoms with Gasteiger partial charge in [-0.25, -0.2) is 10.3 Å². The molecule has 1 saturated heterocycles. The summed E-state index contributed by atoms with van der Waals surface area (Å²) in [6.07, 6.45) is 0. The van der Waals surface area contributed by atoms with E-state index in [-0.39, 0.29) is 11.9 Å². The Labute approximate surface area is 170 Å². The molecule has 0 radical (unpaired) electrons. The van der Waals surface area contributed by atoms with Gasteiger partial charge in [-0.3, -0.25) is 10.0 Å². The SMILES string of the molecule is CC(C)[C@H](C(=O)NO)N1CCN(Cc2cccc(OCc3ccccc3)c2)C1=O. The molecular weight excluding hydrogens is 370 g/mol. The highest BCUT2D eigenvalue weighted by Crippen LogP contribution is 2.22. The predicted octanol–water partition coefficient (Wildman–Crippen LogP) is 3.03. The largest absolute Gasteiger partial charge is 0.489 e. The van der Waals surface area contributed by atoms with Crippen molar-refractivity contribution in [1.29, 1.82) is 0 Å². The monoisotopic (exact) mass is 397 g/mol. The molecular formula is C22H27N3O4. The van der Waals surface area contributed by atoms with Gasteiger partial charge in [0.1, 0.15) is 18.4 Å². The molecule has 3 amide bonds. The Hall–Kier alpha value is -3.06. The highest BCUT2D eigenvalue weighted by molar-refractivity contribution is 5.87. The van der Waals surface area contributed by atoms with E-state index in [0.717, 1.165) is 16.9 Å². The standard InChI is InChI=1S/C22H27N3O4/c1-16(2)20(21(26)23-28)25-12-11-24(22(25)27)14-18-9-6-10-19(13-18)29-15-17-7-4-3-5-8-17/h3-10,13,16,20,28H,11-12,14-15H2,1-2H3,(H,23,26)/t20-/m1/s1. The second-order valence-corrected chi connectivity index (χ2v) is 7.48. The van der Waals surface area contributed by atoms with Crippen LogP contribution in [0.15, 0.2) is 54.6 Å². The number of carbonyl (C=O) groups excluding carboxylic acids is 2. The van der Waals surface area contributed by atoms with Gasteiger partial charge in [0.05, 0.1) is 0 Å². The van der Waals surface area contributed by atoms with Gasteiger partial charge < -0.3 is 14.5 Å².